The van der Waals surface area contributed by atoms with Crippen LogP contribution in [0.2, 0.25) is 0 Å². The standard InChI is InChI=1S/C15H34N2O4.2H2/c1-4-16-5-7-18-9-11-20-13-14-21-12-10-19-8-6-17-15(2)3;;/h15-17H,4-14H2,1-3H3;2*1H. The van der Waals surface area contributed by atoms with Gasteiger partial charge in [-0.2, -0.15) is 0 Å². The van der Waals surface area contributed by atoms with E-state index in [1.807, 2.05) is 0 Å². The molecule has 0 aliphatic heterocycles. The Morgan fingerprint density at radius 1 is 0.714 bits per heavy atom. The highest BCUT2D eigenvalue weighted by molar-refractivity contribution is 4.50. The van der Waals surface area contributed by atoms with Crippen molar-refractivity contribution in [1.82, 2.24) is 10.6 Å². The second-order valence-electron chi connectivity index (χ2n) is 4.91. The van der Waals surface area contributed by atoms with Crippen LogP contribution in [0.4, 0.5) is 0 Å². The van der Waals surface area contributed by atoms with Gasteiger partial charge in [-0.15, -0.1) is 0 Å². The van der Waals surface area contributed by atoms with Gasteiger partial charge in [0.2, 0.25) is 0 Å². The number of ether oxygens (including phenoxy) is 4. The number of hydrogen-bond donors (Lipinski definition) is 2. The van der Waals surface area contributed by atoms with Crippen molar-refractivity contribution < 1.29 is 21.8 Å². The van der Waals surface area contributed by atoms with E-state index >= 15 is 0 Å². The average molecular weight is 310 g/mol. The molecule has 0 saturated heterocycles. The summed E-state index contributed by atoms with van der Waals surface area (Å²) in [5, 5.41) is 6.49. The SMILES string of the molecule is CCNCCOCCOCCOCCOCCNC(C)C.[HH].[HH]. The predicted octanol–water partition coefficient (Wildman–Crippen LogP) is 1.15. The van der Waals surface area contributed by atoms with Crippen molar-refractivity contribution in [2.75, 3.05) is 72.5 Å². The van der Waals surface area contributed by atoms with Crippen LogP contribution in [0.15, 0.2) is 0 Å². The molecule has 0 atom stereocenters. The topological polar surface area (TPSA) is 61.0 Å². The summed E-state index contributed by atoms with van der Waals surface area (Å²) in [4.78, 5) is 0. The van der Waals surface area contributed by atoms with Crippen molar-refractivity contribution in [2.24, 2.45) is 0 Å². The van der Waals surface area contributed by atoms with Gasteiger partial charge in [-0.3, -0.25) is 0 Å². The van der Waals surface area contributed by atoms with E-state index in [-0.39, 0.29) is 2.85 Å². The number of likely N-dealkylation sites (N-methyl/N-ethyl adjacent to an activating group) is 1. The molecule has 0 bridgehead atoms. The predicted molar refractivity (Wildman–Crippen MR) is 89.2 cm³/mol. The molecular weight excluding hydrogens is 272 g/mol. The lowest BCUT2D eigenvalue weighted by Gasteiger charge is -2.09. The van der Waals surface area contributed by atoms with Gasteiger partial charge in [0.1, 0.15) is 0 Å². The van der Waals surface area contributed by atoms with Gasteiger partial charge in [0, 0.05) is 22.0 Å². The normalized spacial score (nSPS) is 11.4. The first-order valence-corrected chi connectivity index (χ1v) is 8.02. The minimum atomic E-state index is 0. The van der Waals surface area contributed by atoms with Gasteiger partial charge < -0.3 is 29.6 Å². The lowest BCUT2D eigenvalue weighted by Crippen LogP contribution is -2.27. The van der Waals surface area contributed by atoms with Crippen LogP contribution in [0.25, 0.3) is 0 Å². The van der Waals surface area contributed by atoms with Gasteiger partial charge in [-0.25, -0.2) is 0 Å². The first-order valence-electron chi connectivity index (χ1n) is 8.02. The van der Waals surface area contributed by atoms with Crippen LogP contribution >= 0.6 is 0 Å². The summed E-state index contributed by atoms with van der Waals surface area (Å²) < 4.78 is 21.6. The second-order valence-corrected chi connectivity index (χ2v) is 4.91. The van der Waals surface area contributed by atoms with Gasteiger partial charge in [-0.1, -0.05) is 20.8 Å². The molecule has 0 radical (unpaired) electrons. The van der Waals surface area contributed by atoms with E-state index in [9.17, 15) is 0 Å². The molecule has 0 aromatic rings. The Morgan fingerprint density at radius 3 is 1.57 bits per heavy atom. The highest BCUT2D eigenvalue weighted by Crippen LogP contribution is 1.83. The summed E-state index contributed by atoms with van der Waals surface area (Å²) >= 11 is 0. The Morgan fingerprint density at radius 2 is 1.14 bits per heavy atom. The molecule has 0 heterocycles. The van der Waals surface area contributed by atoms with Crippen LogP contribution in [0.5, 0.6) is 0 Å². The zero-order valence-electron chi connectivity index (χ0n) is 14.0. The maximum Gasteiger partial charge on any atom is 0.0701 e. The largest absolute Gasteiger partial charge is 0.378 e. The van der Waals surface area contributed by atoms with Crippen LogP contribution in [0, 0.1) is 0 Å². The summed E-state index contributed by atoms with van der Waals surface area (Å²) in [6.45, 7) is 14.2. The third-order valence-corrected chi connectivity index (χ3v) is 2.59. The summed E-state index contributed by atoms with van der Waals surface area (Å²) in [7, 11) is 0. The Bertz CT molecular complexity index is 204. The fourth-order valence-electron chi connectivity index (χ4n) is 1.50. The monoisotopic (exact) mass is 310 g/mol. The quantitative estimate of drug-likeness (QED) is 0.393. The zero-order chi connectivity index (χ0) is 15.6. The van der Waals surface area contributed by atoms with Crippen LogP contribution < -0.4 is 10.6 Å². The lowest BCUT2D eigenvalue weighted by molar-refractivity contribution is -0.00115. The molecule has 2 N–H and O–H groups in total. The molecule has 0 aliphatic rings. The van der Waals surface area contributed by atoms with Crippen LogP contribution in [0.3, 0.4) is 0 Å². The Kier molecular flexibility index (Phi) is 17.6. The van der Waals surface area contributed by atoms with Crippen molar-refractivity contribution >= 4 is 0 Å². The molecule has 21 heavy (non-hydrogen) atoms. The van der Waals surface area contributed by atoms with Crippen molar-refractivity contribution in [3.05, 3.63) is 0 Å². The molecule has 0 spiro atoms. The van der Waals surface area contributed by atoms with Gasteiger partial charge in [0.25, 0.3) is 0 Å². The molecule has 132 valence electrons. The molecule has 6 nitrogen and oxygen atoms in total. The first-order chi connectivity index (χ1) is 10.3. The molecule has 0 fully saturated rings. The molecule has 0 aliphatic carbocycles. The molecule has 6 heteroatoms. The van der Waals surface area contributed by atoms with Crippen LogP contribution in [0.1, 0.15) is 23.6 Å². The van der Waals surface area contributed by atoms with Crippen LogP contribution in [-0.4, -0.2) is 78.5 Å². The molecule has 0 aromatic heterocycles. The summed E-state index contributed by atoms with van der Waals surface area (Å²) in [6, 6.07) is 0.508. The number of nitrogens with one attached hydrogen (secondary N) is 2. The molecule has 0 amide bonds. The van der Waals surface area contributed by atoms with Crippen molar-refractivity contribution in [3.8, 4) is 0 Å². The Labute approximate surface area is 132 Å². The third kappa shape index (κ3) is 19.8. The smallest absolute Gasteiger partial charge is 0.0701 e. The highest BCUT2D eigenvalue weighted by Gasteiger charge is 1.94. The summed E-state index contributed by atoms with van der Waals surface area (Å²) in [6.07, 6.45) is 0. The van der Waals surface area contributed by atoms with E-state index in [1.165, 1.54) is 0 Å². The Hall–Kier alpha value is -0.240. The fraction of sp³-hybridized carbons (Fsp3) is 1.00. The lowest BCUT2D eigenvalue weighted by atomic mass is 10.4. The minimum Gasteiger partial charge on any atom is -0.378 e. The van der Waals surface area contributed by atoms with E-state index in [2.05, 4.69) is 31.4 Å². The van der Waals surface area contributed by atoms with E-state index in [4.69, 9.17) is 18.9 Å². The number of rotatable bonds is 17. The average Bonchev–Trinajstić information content (AvgIpc) is 2.46. The Balaban J connectivity index is -0.00000200. The van der Waals surface area contributed by atoms with E-state index < -0.39 is 0 Å². The molecular formula is C15H38N2O4. The third-order valence-electron chi connectivity index (χ3n) is 2.59. The first kappa shape index (κ1) is 20.8. The molecule has 0 rings (SSSR count). The minimum absolute atomic E-state index is 0. The maximum absolute atomic E-state index is 5.42. The number of hydrogen-bond acceptors (Lipinski definition) is 6. The van der Waals surface area contributed by atoms with Gasteiger partial charge in [0.05, 0.1) is 52.9 Å². The summed E-state index contributed by atoms with van der Waals surface area (Å²) in [5.74, 6) is 0. The van der Waals surface area contributed by atoms with Crippen molar-refractivity contribution in [3.63, 3.8) is 0 Å². The highest BCUT2D eigenvalue weighted by atomic mass is 16.6. The van der Waals surface area contributed by atoms with E-state index in [0.29, 0.717) is 45.7 Å². The van der Waals surface area contributed by atoms with Crippen LogP contribution in [-0.2, 0) is 18.9 Å². The van der Waals surface area contributed by atoms with Gasteiger partial charge in [0.15, 0.2) is 0 Å². The second kappa shape index (κ2) is 17.8. The van der Waals surface area contributed by atoms with Crippen molar-refractivity contribution in [1.29, 1.82) is 0 Å². The zero-order valence-corrected chi connectivity index (χ0v) is 14.0. The summed E-state index contributed by atoms with van der Waals surface area (Å²) in [5.41, 5.74) is 0. The molecule has 0 saturated carbocycles. The molecule has 0 unspecified atom stereocenters. The fourth-order valence-corrected chi connectivity index (χ4v) is 1.50. The maximum atomic E-state index is 5.42. The van der Waals surface area contributed by atoms with E-state index in [1.54, 1.807) is 0 Å². The van der Waals surface area contributed by atoms with Gasteiger partial charge >= 0.3 is 0 Å². The van der Waals surface area contributed by atoms with Crippen molar-refractivity contribution in [2.45, 2.75) is 26.8 Å². The molecule has 0 aromatic carbocycles. The van der Waals surface area contributed by atoms with E-state index in [0.717, 1.165) is 32.8 Å². The van der Waals surface area contributed by atoms with Gasteiger partial charge in [-0.05, 0) is 6.54 Å².